The molecule has 0 radical (unpaired) electrons. The number of amides is 1. The lowest BCUT2D eigenvalue weighted by molar-refractivity contribution is 0.0950. The highest BCUT2D eigenvalue weighted by Gasteiger charge is 2.24. The highest BCUT2D eigenvalue weighted by Crippen LogP contribution is 2.25. The van der Waals surface area contributed by atoms with Gasteiger partial charge in [-0.2, -0.15) is 5.10 Å². The van der Waals surface area contributed by atoms with Crippen molar-refractivity contribution < 1.29 is 9.59 Å². The quantitative estimate of drug-likeness (QED) is 0.177. The number of carbonyl (C=O) groups is 2. The molecule has 8 heteroatoms. The van der Waals surface area contributed by atoms with Gasteiger partial charge >= 0.3 is 0 Å². The van der Waals surface area contributed by atoms with Crippen LogP contribution >= 0.6 is 11.6 Å². The molecule has 200 valence electrons. The molecule has 1 saturated carbocycles. The van der Waals surface area contributed by atoms with Gasteiger partial charge in [0.25, 0.3) is 5.91 Å². The number of aromatic nitrogens is 2. The third kappa shape index (κ3) is 6.56. The van der Waals surface area contributed by atoms with Crippen molar-refractivity contribution in [3.05, 3.63) is 111 Å². The van der Waals surface area contributed by atoms with Crippen molar-refractivity contribution in [2.24, 2.45) is 0 Å². The number of anilines is 1. The minimum Gasteiger partial charge on any atom is -0.383 e. The SMILES string of the molecule is Cc1ccc(C(=O)NC2CC2)cc1-n1ncc(C(=O)c2cccc(CNCCCc3cccc(Cl)c3)c2)c1N. The highest BCUT2D eigenvalue weighted by atomic mass is 35.5. The van der Waals surface area contributed by atoms with Crippen LogP contribution in [0.3, 0.4) is 0 Å². The molecule has 0 spiro atoms. The van der Waals surface area contributed by atoms with E-state index in [-0.39, 0.29) is 23.6 Å². The molecule has 5 rings (SSSR count). The summed E-state index contributed by atoms with van der Waals surface area (Å²) < 4.78 is 1.53. The van der Waals surface area contributed by atoms with E-state index in [0.29, 0.717) is 28.9 Å². The predicted molar refractivity (Wildman–Crippen MR) is 155 cm³/mol. The Morgan fingerprint density at radius 2 is 1.82 bits per heavy atom. The van der Waals surface area contributed by atoms with E-state index in [1.54, 1.807) is 18.2 Å². The van der Waals surface area contributed by atoms with Crippen LogP contribution in [0.5, 0.6) is 0 Å². The maximum Gasteiger partial charge on any atom is 0.251 e. The van der Waals surface area contributed by atoms with Crippen molar-refractivity contribution in [3.8, 4) is 5.69 Å². The van der Waals surface area contributed by atoms with E-state index >= 15 is 0 Å². The van der Waals surface area contributed by atoms with Crippen molar-refractivity contribution in [2.75, 3.05) is 12.3 Å². The number of nitrogen functional groups attached to an aromatic ring is 1. The van der Waals surface area contributed by atoms with E-state index in [1.165, 1.54) is 16.4 Å². The summed E-state index contributed by atoms with van der Waals surface area (Å²) in [4.78, 5) is 25.9. The maximum absolute atomic E-state index is 13.4. The summed E-state index contributed by atoms with van der Waals surface area (Å²) in [6.45, 7) is 3.42. The first-order valence-corrected chi connectivity index (χ1v) is 13.6. The van der Waals surface area contributed by atoms with Crippen molar-refractivity contribution >= 4 is 29.1 Å². The Kier molecular flexibility index (Phi) is 8.10. The van der Waals surface area contributed by atoms with E-state index in [0.717, 1.165) is 48.4 Å². The van der Waals surface area contributed by atoms with Crippen LogP contribution in [0, 0.1) is 6.92 Å². The number of ketones is 1. The first-order chi connectivity index (χ1) is 18.9. The second-order valence-corrected chi connectivity index (χ2v) is 10.5. The Bertz CT molecular complexity index is 1510. The summed E-state index contributed by atoms with van der Waals surface area (Å²) in [6.07, 6.45) is 5.46. The van der Waals surface area contributed by atoms with Crippen LogP contribution in [-0.4, -0.2) is 34.1 Å². The Hall–Kier alpha value is -3.94. The van der Waals surface area contributed by atoms with Gasteiger partial charge < -0.3 is 16.4 Å². The summed E-state index contributed by atoms with van der Waals surface area (Å²) >= 11 is 6.06. The molecule has 3 aromatic carbocycles. The fraction of sp³-hybridized carbons (Fsp3) is 0.258. The van der Waals surface area contributed by atoms with Crippen molar-refractivity contribution in [2.45, 2.75) is 45.2 Å². The van der Waals surface area contributed by atoms with Gasteiger partial charge in [0.05, 0.1) is 17.4 Å². The van der Waals surface area contributed by atoms with Crippen molar-refractivity contribution in [3.63, 3.8) is 0 Å². The summed E-state index contributed by atoms with van der Waals surface area (Å²) in [6, 6.07) is 21.2. The summed E-state index contributed by atoms with van der Waals surface area (Å²) in [5.74, 6) is -0.0649. The first kappa shape index (κ1) is 26.7. The monoisotopic (exact) mass is 541 g/mol. The topological polar surface area (TPSA) is 102 Å². The lowest BCUT2D eigenvalue weighted by atomic mass is 10.0. The average molecular weight is 542 g/mol. The number of aryl methyl sites for hydroxylation is 2. The second-order valence-electron chi connectivity index (χ2n) is 10.0. The van der Waals surface area contributed by atoms with Gasteiger partial charge in [-0.25, -0.2) is 4.68 Å². The number of halogens is 1. The molecule has 0 atom stereocenters. The molecule has 0 unspecified atom stereocenters. The largest absolute Gasteiger partial charge is 0.383 e. The predicted octanol–water partition coefficient (Wildman–Crippen LogP) is 5.26. The molecule has 4 N–H and O–H groups in total. The number of rotatable bonds is 11. The van der Waals surface area contributed by atoms with Gasteiger partial charge in [0.1, 0.15) is 5.82 Å². The molecular formula is C31H32ClN5O2. The summed E-state index contributed by atoms with van der Waals surface area (Å²) in [5.41, 5.74) is 11.6. The molecule has 4 aromatic rings. The van der Waals surface area contributed by atoms with Gasteiger partial charge in [-0.05, 0) is 86.2 Å². The maximum atomic E-state index is 13.4. The van der Waals surface area contributed by atoms with E-state index < -0.39 is 0 Å². The lowest BCUT2D eigenvalue weighted by Gasteiger charge is -2.11. The van der Waals surface area contributed by atoms with E-state index in [9.17, 15) is 9.59 Å². The van der Waals surface area contributed by atoms with E-state index in [1.807, 2.05) is 49.4 Å². The van der Waals surface area contributed by atoms with E-state index in [4.69, 9.17) is 17.3 Å². The van der Waals surface area contributed by atoms with Crippen LogP contribution in [0.25, 0.3) is 5.69 Å². The van der Waals surface area contributed by atoms with E-state index in [2.05, 4.69) is 21.8 Å². The minimum absolute atomic E-state index is 0.115. The fourth-order valence-electron chi connectivity index (χ4n) is 4.52. The smallest absolute Gasteiger partial charge is 0.251 e. The molecule has 1 fully saturated rings. The van der Waals surface area contributed by atoms with Gasteiger partial charge in [0.2, 0.25) is 0 Å². The molecule has 39 heavy (non-hydrogen) atoms. The Labute approximate surface area is 233 Å². The van der Waals surface area contributed by atoms with Gasteiger partial charge in [-0.1, -0.05) is 48.0 Å². The van der Waals surface area contributed by atoms with Gasteiger partial charge in [0, 0.05) is 28.7 Å². The molecule has 0 aliphatic heterocycles. The van der Waals surface area contributed by atoms with Crippen molar-refractivity contribution in [1.29, 1.82) is 0 Å². The highest BCUT2D eigenvalue weighted by molar-refractivity contribution is 6.30. The first-order valence-electron chi connectivity index (χ1n) is 13.2. The van der Waals surface area contributed by atoms with Crippen LogP contribution in [0.1, 0.15) is 62.2 Å². The number of benzene rings is 3. The summed E-state index contributed by atoms with van der Waals surface area (Å²) in [5, 5.41) is 11.6. The Morgan fingerprint density at radius 3 is 2.62 bits per heavy atom. The van der Waals surface area contributed by atoms with Crippen molar-refractivity contribution in [1.82, 2.24) is 20.4 Å². The number of hydrogen-bond donors (Lipinski definition) is 3. The van der Waals surface area contributed by atoms with Gasteiger partial charge in [0.15, 0.2) is 5.78 Å². The van der Waals surface area contributed by atoms with Crippen LogP contribution < -0.4 is 16.4 Å². The van der Waals surface area contributed by atoms with Gasteiger partial charge in [-0.3, -0.25) is 9.59 Å². The minimum atomic E-state index is -0.193. The number of nitrogens with two attached hydrogens (primary N) is 1. The normalized spacial score (nSPS) is 12.9. The number of nitrogens with one attached hydrogen (secondary N) is 2. The third-order valence-electron chi connectivity index (χ3n) is 6.89. The number of hydrogen-bond acceptors (Lipinski definition) is 5. The van der Waals surface area contributed by atoms with Crippen LogP contribution in [-0.2, 0) is 13.0 Å². The van der Waals surface area contributed by atoms with Gasteiger partial charge in [-0.15, -0.1) is 0 Å². The zero-order valence-corrected chi connectivity index (χ0v) is 22.7. The zero-order valence-electron chi connectivity index (χ0n) is 21.9. The number of carbonyl (C=O) groups excluding carboxylic acids is 2. The average Bonchev–Trinajstić information content (AvgIpc) is 3.67. The molecule has 7 nitrogen and oxygen atoms in total. The third-order valence-corrected chi connectivity index (χ3v) is 7.12. The van der Waals surface area contributed by atoms with Crippen LogP contribution in [0.2, 0.25) is 5.02 Å². The molecule has 1 aliphatic carbocycles. The molecule has 1 aliphatic rings. The van der Waals surface area contributed by atoms with Crippen LogP contribution in [0.4, 0.5) is 5.82 Å². The summed E-state index contributed by atoms with van der Waals surface area (Å²) in [7, 11) is 0. The molecule has 0 saturated heterocycles. The molecule has 0 bridgehead atoms. The molecular weight excluding hydrogens is 510 g/mol. The standard InChI is InChI=1S/C31H32ClN5O2/c1-20-10-11-24(31(39)36-26-12-13-26)17-28(20)37-30(33)27(19-35-37)29(38)23-8-2-6-22(15-23)18-34-14-4-7-21-5-3-9-25(32)16-21/h2-3,5-6,8-11,15-17,19,26,34H,4,7,12-14,18,33H2,1H3,(H,36,39). The zero-order chi connectivity index (χ0) is 27.4. The molecule has 1 heterocycles. The fourth-order valence-corrected chi connectivity index (χ4v) is 4.73. The molecule has 1 amide bonds. The lowest BCUT2D eigenvalue weighted by Crippen LogP contribution is -2.25. The second kappa shape index (κ2) is 11.8. The number of nitrogens with zero attached hydrogens (tertiary/aromatic N) is 2. The Morgan fingerprint density at radius 1 is 1.03 bits per heavy atom. The Balaban J connectivity index is 1.23. The molecule has 1 aromatic heterocycles. The van der Waals surface area contributed by atoms with Crippen LogP contribution in [0.15, 0.2) is 72.9 Å².